The predicted molar refractivity (Wildman–Crippen MR) is 77.6 cm³/mol. The summed E-state index contributed by atoms with van der Waals surface area (Å²) >= 11 is 0. The van der Waals surface area contributed by atoms with E-state index in [-0.39, 0.29) is 17.0 Å². The Morgan fingerprint density at radius 2 is 2.00 bits per heavy atom. The monoisotopic (exact) mass is 271 g/mol. The van der Waals surface area contributed by atoms with E-state index in [1.807, 2.05) is 0 Å². The quantitative estimate of drug-likeness (QED) is 0.545. The molecule has 112 valence electrons. The van der Waals surface area contributed by atoms with Crippen LogP contribution in [0.25, 0.3) is 0 Å². The second-order valence-corrected chi connectivity index (χ2v) is 6.49. The van der Waals surface area contributed by atoms with Gasteiger partial charge in [-0.15, -0.1) is 0 Å². The van der Waals surface area contributed by atoms with Crippen LogP contribution in [0, 0.1) is 5.41 Å². The van der Waals surface area contributed by atoms with Crippen molar-refractivity contribution in [1.82, 2.24) is 4.90 Å². The first-order chi connectivity index (χ1) is 8.68. The largest absolute Gasteiger partial charge is 0.388 e. The van der Waals surface area contributed by atoms with Crippen molar-refractivity contribution in [3.63, 3.8) is 0 Å². The van der Waals surface area contributed by atoms with Gasteiger partial charge in [0.15, 0.2) is 0 Å². The molecule has 0 amide bonds. The molecule has 1 aliphatic rings. The van der Waals surface area contributed by atoms with Crippen molar-refractivity contribution < 1.29 is 9.47 Å². The minimum absolute atomic E-state index is 0.101. The molecule has 0 spiro atoms. The van der Waals surface area contributed by atoms with Gasteiger partial charge < -0.3 is 15.2 Å². The Labute approximate surface area is 116 Å². The Kier molecular flexibility index (Phi) is 5.35. The summed E-state index contributed by atoms with van der Waals surface area (Å²) in [4.78, 5) is 2.35. The van der Waals surface area contributed by atoms with Crippen LogP contribution in [-0.2, 0) is 9.47 Å². The highest BCUT2D eigenvalue weighted by molar-refractivity contribution is 5.76. The summed E-state index contributed by atoms with van der Waals surface area (Å²) in [5.41, 5.74) is 5.20. The van der Waals surface area contributed by atoms with Gasteiger partial charge in [0.1, 0.15) is 0 Å². The van der Waals surface area contributed by atoms with Gasteiger partial charge >= 0.3 is 0 Å². The van der Waals surface area contributed by atoms with Gasteiger partial charge in [-0.3, -0.25) is 10.3 Å². The Hall–Kier alpha value is -0.650. The molecule has 0 aromatic heterocycles. The van der Waals surface area contributed by atoms with E-state index in [1.165, 1.54) is 0 Å². The number of nitrogens with two attached hydrogens (primary N) is 1. The third kappa shape index (κ3) is 4.75. The van der Waals surface area contributed by atoms with E-state index in [1.54, 1.807) is 7.11 Å². The first kappa shape index (κ1) is 16.4. The molecule has 0 aromatic carbocycles. The number of hydrogen-bond acceptors (Lipinski definition) is 4. The topological polar surface area (TPSA) is 71.6 Å². The van der Waals surface area contributed by atoms with E-state index in [4.69, 9.17) is 20.6 Å². The molecule has 5 heteroatoms. The number of ether oxygens (including phenoxy) is 2. The number of methoxy groups -OCH3 is 1. The lowest BCUT2D eigenvalue weighted by atomic mass is 9.92. The summed E-state index contributed by atoms with van der Waals surface area (Å²) in [5.74, 6) is 0.235. The summed E-state index contributed by atoms with van der Waals surface area (Å²) in [6.45, 7) is 10.9. The maximum Gasteiger partial charge on any atom is 0.0918 e. The zero-order chi connectivity index (χ0) is 14.7. The predicted octanol–water partition coefficient (Wildman–Crippen LogP) is 1.61. The molecule has 1 saturated heterocycles. The number of nitrogens with zero attached hydrogens (tertiary/aromatic N) is 1. The molecule has 0 saturated carbocycles. The van der Waals surface area contributed by atoms with Crippen LogP contribution in [0.4, 0.5) is 0 Å². The van der Waals surface area contributed by atoms with Crippen LogP contribution < -0.4 is 5.73 Å². The van der Waals surface area contributed by atoms with Crippen molar-refractivity contribution in [3.05, 3.63) is 0 Å². The normalized spacial score (nSPS) is 24.8. The van der Waals surface area contributed by atoms with E-state index in [0.29, 0.717) is 19.1 Å². The van der Waals surface area contributed by atoms with Gasteiger partial charge in [-0.2, -0.15) is 0 Å². The molecule has 1 aliphatic heterocycles. The zero-order valence-electron chi connectivity index (χ0n) is 13.0. The molecule has 19 heavy (non-hydrogen) atoms. The second kappa shape index (κ2) is 6.20. The fraction of sp³-hybridized carbons (Fsp3) is 0.929. The lowest BCUT2D eigenvalue weighted by molar-refractivity contribution is -0.0814. The highest BCUT2D eigenvalue weighted by Gasteiger charge is 2.48. The van der Waals surface area contributed by atoms with Crippen molar-refractivity contribution in [2.24, 2.45) is 5.73 Å². The van der Waals surface area contributed by atoms with Crippen molar-refractivity contribution in [2.75, 3.05) is 26.8 Å². The SMILES string of the molecule is COCCN(CCC(=N)N)C1CC(C)(C)OC1(C)C. The number of rotatable bonds is 7. The molecule has 1 fully saturated rings. The molecule has 0 aromatic rings. The van der Waals surface area contributed by atoms with Gasteiger partial charge in [-0.1, -0.05) is 0 Å². The summed E-state index contributed by atoms with van der Waals surface area (Å²) in [7, 11) is 1.71. The standard InChI is InChI=1S/C14H29N3O2/c1-13(2)10-11(14(3,4)19-13)17(8-9-18-5)7-6-12(15)16/h11H,6-10H2,1-5H3,(H3,15,16). The van der Waals surface area contributed by atoms with Crippen molar-refractivity contribution >= 4 is 5.84 Å². The van der Waals surface area contributed by atoms with Gasteiger partial charge in [0.2, 0.25) is 0 Å². The maximum absolute atomic E-state index is 7.40. The van der Waals surface area contributed by atoms with E-state index in [9.17, 15) is 0 Å². The Bertz CT molecular complexity index is 316. The van der Waals surface area contributed by atoms with Crippen LogP contribution in [-0.4, -0.2) is 54.8 Å². The smallest absolute Gasteiger partial charge is 0.0918 e. The first-order valence-corrected chi connectivity index (χ1v) is 6.94. The minimum Gasteiger partial charge on any atom is -0.388 e. The van der Waals surface area contributed by atoms with Gasteiger partial charge in [-0.25, -0.2) is 0 Å². The van der Waals surface area contributed by atoms with E-state index in [0.717, 1.165) is 19.5 Å². The van der Waals surface area contributed by atoms with Crippen molar-refractivity contribution in [2.45, 2.75) is 57.8 Å². The third-order valence-electron chi connectivity index (χ3n) is 3.72. The molecular weight excluding hydrogens is 242 g/mol. The van der Waals surface area contributed by atoms with Crippen LogP contribution in [0.15, 0.2) is 0 Å². The molecular formula is C14H29N3O2. The highest BCUT2D eigenvalue weighted by atomic mass is 16.5. The number of nitrogens with one attached hydrogen (secondary N) is 1. The molecule has 0 bridgehead atoms. The Morgan fingerprint density at radius 3 is 2.42 bits per heavy atom. The molecule has 1 atom stereocenters. The van der Waals surface area contributed by atoms with Crippen LogP contribution in [0.3, 0.4) is 0 Å². The van der Waals surface area contributed by atoms with Gasteiger partial charge in [0.25, 0.3) is 0 Å². The molecule has 5 nitrogen and oxygen atoms in total. The summed E-state index contributed by atoms with van der Waals surface area (Å²) in [6, 6.07) is 0.331. The van der Waals surface area contributed by atoms with Gasteiger partial charge in [-0.05, 0) is 34.1 Å². The van der Waals surface area contributed by atoms with Crippen LogP contribution in [0.1, 0.15) is 40.5 Å². The molecule has 3 N–H and O–H groups in total. The fourth-order valence-electron chi connectivity index (χ4n) is 3.00. The lowest BCUT2D eigenvalue weighted by Crippen LogP contribution is -2.48. The van der Waals surface area contributed by atoms with Crippen LogP contribution in [0.5, 0.6) is 0 Å². The van der Waals surface area contributed by atoms with Crippen molar-refractivity contribution in [3.8, 4) is 0 Å². The summed E-state index contributed by atoms with van der Waals surface area (Å²) < 4.78 is 11.3. The first-order valence-electron chi connectivity index (χ1n) is 6.94. The average Bonchev–Trinajstić information content (AvgIpc) is 2.47. The zero-order valence-corrected chi connectivity index (χ0v) is 13.0. The highest BCUT2D eigenvalue weighted by Crippen LogP contribution is 2.40. The van der Waals surface area contributed by atoms with Gasteiger partial charge in [0, 0.05) is 32.7 Å². The molecule has 0 aliphatic carbocycles. The summed E-state index contributed by atoms with van der Waals surface area (Å²) in [6.07, 6.45) is 1.58. The molecule has 1 unspecified atom stereocenters. The van der Waals surface area contributed by atoms with Crippen LogP contribution >= 0.6 is 0 Å². The van der Waals surface area contributed by atoms with E-state index in [2.05, 4.69) is 32.6 Å². The van der Waals surface area contributed by atoms with E-state index >= 15 is 0 Å². The summed E-state index contributed by atoms with van der Waals surface area (Å²) in [5, 5.41) is 7.40. The third-order valence-corrected chi connectivity index (χ3v) is 3.72. The second-order valence-electron chi connectivity index (χ2n) is 6.49. The lowest BCUT2D eigenvalue weighted by Gasteiger charge is -2.36. The fourth-order valence-corrected chi connectivity index (χ4v) is 3.00. The number of hydrogen-bond donors (Lipinski definition) is 2. The molecule has 0 radical (unpaired) electrons. The minimum atomic E-state index is -0.186. The maximum atomic E-state index is 7.40. The molecule has 1 heterocycles. The van der Waals surface area contributed by atoms with Crippen molar-refractivity contribution in [1.29, 1.82) is 5.41 Å². The molecule has 1 rings (SSSR count). The number of amidine groups is 1. The van der Waals surface area contributed by atoms with E-state index < -0.39 is 0 Å². The Morgan fingerprint density at radius 1 is 1.37 bits per heavy atom. The average molecular weight is 271 g/mol. The van der Waals surface area contributed by atoms with Crippen LogP contribution in [0.2, 0.25) is 0 Å². The van der Waals surface area contributed by atoms with Gasteiger partial charge in [0.05, 0.1) is 23.6 Å². The Balaban J connectivity index is 2.75.